The molecule has 0 unspecified atom stereocenters. The van der Waals surface area contributed by atoms with Crippen LogP contribution in [0.4, 0.5) is 13.2 Å². The average Bonchev–Trinajstić information content (AvgIpc) is 2.12. The van der Waals surface area contributed by atoms with Crippen LogP contribution < -0.4 is 5.32 Å². The Bertz CT molecular complexity index is 188. The topological polar surface area (TPSA) is 21.3 Å². The average molecular weight is 225 g/mol. The zero-order valence-corrected chi connectivity index (χ0v) is 8.99. The van der Waals surface area contributed by atoms with Gasteiger partial charge in [0.25, 0.3) is 0 Å². The first-order valence-corrected chi connectivity index (χ1v) is 5.31. The van der Waals surface area contributed by atoms with Gasteiger partial charge in [0.05, 0.1) is 0 Å². The molecule has 1 rings (SSSR count). The fraction of sp³-hybridized carbons (Fsp3) is 1.00. The zero-order chi connectivity index (χ0) is 11.4. The van der Waals surface area contributed by atoms with Crippen LogP contribution in [0, 0.1) is 0 Å². The maximum absolute atomic E-state index is 11.9. The molecule has 0 amide bonds. The van der Waals surface area contributed by atoms with E-state index in [0.717, 1.165) is 12.8 Å². The Morgan fingerprint density at radius 2 is 1.87 bits per heavy atom. The fourth-order valence-electron chi connectivity index (χ4n) is 1.68. The van der Waals surface area contributed by atoms with E-state index in [1.165, 1.54) is 0 Å². The van der Waals surface area contributed by atoms with Gasteiger partial charge in [-0.25, -0.2) is 0 Å². The highest BCUT2D eigenvalue weighted by Gasteiger charge is 2.28. The third kappa shape index (κ3) is 5.37. The molecule has 0 atom stereocenters. The molecule has 1 heterocycles. The van der Waals surface area contributed by atoms with Crippen LogP contribution in [0.25, 0.3) is 0 Å². The summed E-state index contributed by atoms with van der Waals surface area (Å²) < 4.78 is 40.8. The van der Waals surface area contributed by atoms with Gasteiger partial charge >= 0.3 is 6.18 Å². The molecule has 1 fully saturated rings. The van der Waals surface area contributed by atoms with Gasteiger partial charge in [-0.05, 0) is 32.7 Å². The van der Waals surface area contributed by atoms with Crippen LogP contribution in [0.15, 0.2) is 0 Å². The van der Waals surface area contributed by atoms with Crippen LogP contribution in [-0.2, 0) is 4.74 Å². The Morgan fingerprint density at radius 1 is 1.27 bits per heavy atom. The van der Waals surface area contributed by atoms with Gasteiger partial charge in [-0.3, -0.25) is 0 Å². The molecule has 1 aliphatic heterocycles. The highest BCUT2D eigenvalue weighted by atomic mass is 19.4. The molecule has 1 saturated heterocycles. The second-order valence-corrected chi connectivity index (χ2v) is 4.32. The third-order valence-electron chi connectivity index (χ3n) is 2.79. The molecule has 1 aliphatic rings. The lowest BCUT2D eigenvalue weighted by Crippen LogP contribution is -2.47. The van der Waals surface area contributed by atoms with Crippen molar-refractivity contribution in [2.75, 3.05) is 19.8 Å². The maximum atomic E-state index is 11.9. The predicted molar refractivity (Wildman–Crippen MR) is 51.7 cm³/mol. The van der Waals surface area contributed by atoms with Crippen molar-refractivity contribution in [3.8, 4) is 0 Å². The molecule has 0 aromatic carbocycles. The smallest absolute Gasteiger partial charge is 0.381 e. The molecule has 0 aromatic rings. The molecule has 15 heavy (non-hydrogen) atoms. The van der Waals surface area contributed by atoms with Crippen molar-refractivity contribution in [3.63, 3.8) is 0 Å². The van der Waals surface area contributed by atoms with Gasteiger partial charge in [-0.1, -0.05) is 0 Å². The van der Waals surface area contributed by atoms with Crippen molar-refractivity contribution < 1.29 is 17.9 Å². The van der Waals surface area contributed by atoms with E-state index in [2.05, 4.69) is 5.32 Å². The molecule has 0 spiro atoms. The molecule has 5 heteroatoms. The summed E-state index contributed by atoms with van der Waals surface area (Å²) >= 11 is 0. The molecule has 0 radical (unpaired) electrons. The lowest BCUT2D eigenvalue weighted by molar-refractivity contribution is -0.135. The molecule has 0 bridgehead atoms. The number of hydrogen-bond acceptors (Lipinski definition) is 2. The van der Waals surface area contributed by atoms with Gasteiger partial charge in [0.2, 0.25) is 0 Å². The number of ether oxygens (including phenoxy) is 1. The third-order valence-corrected chi connectivity index (χ3v) is 2.79. The Hall–Kier alpha value is -0.290. The minimum absolute atomic E-state index is 0.0378. The summed E-state index contributed by atoms with van der Waals surface area (Å²) in [5.41, 5.74) is -0.0378. The monoisotopic (exact) mass is 225 g/mol. The van der Waals surface area contributed by atoms with Crippen molar-refractivity contribution in [1.82, 2.24) is 5.32 Å². The van der Waals surface area contributed by atoms with Gasteiger partial charge < -0.3 is 10.1 Å². The first kappa shape index (κ1) is 12.8. The van der Waals surface area contributed by atoms with Gasteiger partial charge in [0.1, 0.15) is 0 Å². The molecule has 0 aromatic heterocycles. The van der Waals surface area contributed by atoms with Crippen LogP contribution in [0.3, 0.4) is 0 Å². The highest BCUT2D eigenvalue weighted by molar-refractivity contribution is 4.85. The van der Waals surface area contributed by atoms with Crippen LogP contribution in [0.5, 0.6) is 0 Å². The first-order chi connectivity index (χ1) is 6.91. The first-order valence-electron chi connectivity index (χ1n) is 5.31. The van der Waals surface area contributed by atoms with E-state index >= 15 is 0 Å². The Labute approximate surface area is 88.2 Å². The number of halogens is 3. The van der Waals surface area contributed by atoms with E-state index in [1.54, 1.807) is 0 Å². The van der Waals surface area contributed by atoms with Crippen molar-refractivity contribution in [2.45, 2.75) is 44.3 Å². The van der Waals surface area contributed by atoms with E-state index in [0.29, 0.717) is 19.8 Å². The van der Waals surface area contributed by atoms with Crippen molar-refractivity contribution in [1.29, 1.82) is 0 Å². The molecule has 90 valence electrons. The SMILES string of the molecule is CC1(NCCCC(F)(F)F)CCOCC1. The molecule has 0 aliphatic carbocycles. The molecular weight excluding hydrogens is 207 g/mol. The Balaban J connectivity index is 2.13. The van der Waals surface area contributed by atoms with E-state index in [1.807, 2.05) is 6.92 Å². The summed E-state index contributed by atoms with van der Waals surface area (Å²) in [6.45, 7) is 3.87. The fourth-order valence-corrected chi connectivity index (χ4v) is 1.68. The van der Waals surface area contributed by atoms with Crippen molar-refractivity contribution in [2.24, 2.45) is 0 Å². The lowest BCUT2D eigenvalue weighted by Gasteiger charge is -2.34. The van der Waals surface area contributed by atoms with E-state index < -0.39 is 12.6 Å². The summed E-state index contributed by atoms with van der Waals surface area (Å²) in [5, 5.41) is 3.19. The van der Waals surface area contributed by atoms with Crippen LogP contribution in [-0.4, -0.2) is 31.5 Å². The number of nitrogens with one attached hydrogen (secondary N) is 1. The van der Waals surface area contributed by atoms with E-state index in [9.17, 15) is 13.2 Å². The van der Waals surface area contributed by atoms with E-state index in [4.69, 9.17) is 4.74 Å². The van der Waals surface area contributed by atoms with Crippen molar-refractivity contribution >= 4 is 0 Å². The van der Waals surface area contributed by atoms with Gasteiger partial charge in [0, 0.05) is 25.2 Å². The number of hydrogen-bond donors (Lipinski definition) is 1. The van der Waals surface area contributed by atoms with Gasteiger partial charge in [-0.2, -0.15) is 13.2 Å². The minimum Gasteiger partial charge on any atom is -0.381 e. The summed E-state index contributed by atoms with van der Waals surface area (Å²) in [4.78, 5) is 0. The quantitative estimate of drug-likeness (QED) is 0.742. The minimum atomic E-state index is -4.03. The zero-order valence-electron chi connectivity index (χ0n) is 8.99. The Morgan fingerprint density at radius 3 is 2.40 bits per heavy atom. The molecule has 0 saturated carbocycles. The van der Waals surface area contributed by atoms with Crippen LogP contribution in [0.1, 0.15) is 32.6 Å². The molecule has 2 nitrogen and oxygen atoms in total. The highest BCUT2D eigenvalue weighted by Crippen LogP contribution is 2.22. The molecular formula is C10H18F3NO. The second-order valence-electron chi connectivity index (χ2n) is 4.32. The summed E-state index contributed by atoms with van der Waals surface area (Å²) in [6, 6.07) is 0. The largest absolute Gasteiger partial charge is 0.389 e. The van der Waals surface area contributed by atoms with E-state index in [-0.39, 0.29) is 12.0 Å². The van der Waals surface area contributed by atoms with Gasteiger partial charge in [0.15, 0.2) is 0 Å². The summed E-state index contributed by atoms with van der Waals surface area (Å²) in [5.74, 6) is 0. The Kier molecular flexibility index (Phi) is 4.40. The summed E-state index contributed by atoms with van der Waals surface area (Å²) in [6.07, 6.45) is -2.83. The van der Waals surface area contributed by atoms with Gasteiger partial charge in [-0.15, -0.1) is 0 Å². The summed E-state index contributed by atoms with van der Waals surface area (Å²) in [7, 11) is 0. The maximum Gasteiger partial charge on any atom is 0.389 e. The normalized spacial score (nSPS) is 21.6. The lowest BCUT2D eigenvalue weighted by atomic mass is 9.92. The molecule has 1 N–H and O–H groups in total. The van der Waals surface area contributed by atoms with Crippen LogP contribution in [0.2, 0.25) is 0 Å². The predicted octanol–water partition coefficient (Wildman–Crippen LogP) is 2.49. The van der Waals surface area contributed by atoms with Crippen LogP contribution >= 0.6 is 0 Å². The second kappa shape index (κ2) is 5.16. The standard InChI is InChI=1S/C10H18F3NO/c1-9(4-7-15-8-5-9)14-6-2-3-10(11,12)13/h14H,2-8H2,1H3. The van der Waals surface area contributed by atoms with Crippen molar-refractivity contribution in [3.05, 3.63) is 0 Å². The number of rotatable bonds is 4. The number of alkyl halides is 3.